The van der Waals surface area contributed by atoms with E-state index in [0.717, 1.165) is 12.1 Å². The molecule has 0 radical (unpaired) electrons. The Kier molecular flexibility index (Phi) is 2.42. The monoisotopic (exact) mass is 208 g/mol. The fourth-order valence-electron chi connectivity index (χ4n) is 1.81. The quantitative estimate of drug-likeness (QED) is 0.757. The van der Waals surface area contributed by atoms with Crippen LogP contribution in [0.4, 0.5) is 4.39 Å². The number of rotatable bonds is 1. The van der Waals surface area contributed by atoms with Gasteiger partial charge in [0.05, 0.1) is 6.20 Å². The van der Waals surface area contributed by atoms with E-state index in [0.29, 0.717) is 13.0 Å². The number of carbonyl (C=O) groups is 1. The smallest absolute Gasteiger partial charge is 0.220 e. The Labute approximate surface area is 87.7 Å². The summed E-state index contributed by atoms with van der Waals surface area (Å²) < 4.78 is 12.7. The lowest BCUT2D eigenvalue weighted by Gasteiger charge is -2.32. The summed E-state index contributed by atoms with van der Waals surface area (Å²) in [4.78, 5) is 15.1. The van der Waals surface area contributed by atoms with Crippen LogP contribution in [0.3, 0.4) is 0 Å². The molecule has 1 atom stereocenters. The average Bonchev–Trinajstić information content (AvgIpc) is 2.24. The molecular formula is C11H13FN2O. The Hall–Kier alpha value is -1.45. The molecule has 0 spiro atoms. The van der Waals surface area contributed by atoms with Crippen molar-refractivity contribution in [2.45, 2.75) is 25.2 Å². The molecule has 0 aromatic carbocycles. The molecule has 1 aliphatic rings. The lowest BCUT2D eigenvalue weighted by Crippen LogP contribution is -2.44. The third-order valence-electron chi connectivity index (χ3n) is 2.93. The van der Waals surface area contributed by atoms with E-state index in [2.05, 4.69) is 10.3 Å². The predicted octanol–water partition coefficient (Wildman–Crippen LogP) is 1.39. The first kappa shape index (κ1) is 10.1. The fourth-order valence-corrected chi connectivity index (χ4v) is 1.81. The van der Waals surface area contributed by atoms with Crippen molar-refractivity contribution in [3.8, 4) is 0 Å². The molecule has 1 aromatic heterocycles. The topological polar surface area (TPSA) is 42.0 Å². The molecule has 2 rings (SSSR count). The van der Waals surface area contributed by atoms with Crippen LogP contribution in [0.2, 0.25) is 0 Å². The van der Waals surface area contributed by atoms with E-state index in [1.807, 2.05) is 6.92 Å². The summed E-state index contributed by atoms with van der Waals surface area (Å²) in [5, 5.41) is 2.81. The standard InChI is InChI=1S/C11H13FN2O/c1-11(5-4-10(15)14-7-11)9-3-2-8(12)6-13-9/h2-3,6H,4-5,7H2,1H3,(H,14,15). The third-order valence-corrected chi connectivity index (χ3v) is 2.93. The van der Waals surface area contributed by atoms with Crippen LogP contribution in [-0.2, 0) is 10.2 Å². The van der Waals surface area contributed by atoms with E-state index in [4.69, 9.17) is 0 Å². The Morgan fingerprint density at radius 3 is 2.87 bits per heavy atom. The maximum absolute atomic E-state index is 12.7. The van der Waals surface area contributed by atoms with Crippen molar-refractivity contribution in [2.75, 3.05) is 6.54 Å². The first-order valence-electron chi connectivity index (χ1n) is 4.99. The zero-order valence-corrected chi connectivity index (χ0v) is 8.59. The lowest BCUT2D eigenvalue weighted by atomic mass is 9.79. The summed E-state index contributed by atoms with van der Waals surface area (Å²) in [5.74, 6) is -0.253. The van der Waals surface area contributed by atoms with Gasteiger partial charge in [-0.05, 0) is 18.6 Å². The van der Waals surface area contributed by atoms with Crippen LogP contribution in [0.1, 0.15) is 25.5 Å². The number of nitrogens with zero attached hydrogens (tertiary/aromatic N) is 1. The molecule has 0 bridgehead atoms. The molecule has 1 amide bonds. The first-order valence-corrected chi connectivity index (χ1v) is 4.99. The molecular weight excluding hydrogens is 195 g/mol. The van der Waals surface area contributed by atoms with Gasteiger partial charge in [0.1, 0.15) is 5.82 Å². The van der Waals surface area contributed by atoms with Gasteiger partial charge in [-0.15, -0.1) is 0 Å². The van der Waals surface area contributed by atoms with Crippen molar-refractivity contribution < 1.29 is 9.18 Å². The second-order valence-corrected chi connectivity index (χ2v) is 4.20. The SMILES string of the molecule is CC1(c2ccc(F)cn2)CCC(=O)NC1. The minimum Gasteiger partial charge on any atom is -0.355 e. The molecule has 15 heavy (non-hydrogen) atoms. The molecule has 0 aliphatic carbocycles. The van der Waals surface area contributed by atoms with Gasteiger partial charge in [-0.3, -0.25) is 9.78 Å². The van der Waals surface area contributed by atoms with E-state index in [-0.39, 0.29) is 17.1 Å². The van der Waals surface area contributed by atoms with Crippen LogP contribution in [0.25, 0.3) is 0 Å². The Bertz CT molecular complexity index is 365. The van der Waals surface area contributed by atoms with Gasteiger partial charge in [0.2, 0.25) is 5.91 Å². The van der Waals surface area contributed by atoms with Gasteiger partial charge >= 0.3 is 0 Å². The number of hydrogen-bond acceptors (Lipinski definition) is 2. The molecule has 3 nitrogen and oxygen atoms in total. The molecule has 80 valence electrons. The fraction of sp³-hybridized carbons (Fsp3) is 0.455. The highest BCUT2D eigenvalue weighted by Crippen LogP contribution is 2.29. The van der Waals surface area contributed by atoms with Crippen molar-refractivity contribution in [1.29, 1.82) is 0 Å². The number of aromatic nitrogens is 1. The highest BCUT2D eigenvalue weighted by atomic mass is 19.1. The van der Waals surface area contributed by atoms with Gasteiger partial charge in [-0.25, -0.2) is 4.39 Å². The number of piperidine rings is 1. The van der Waals surface area contributed by atoms with Gasteiger partial charge in [-0.1, -0.05) is 6.92 Å². The van der Waals surface area contributed by atoms with Crippen LogP contribution in [0, 0.1) is 5.82 Å². The highest BCUT2D eigenvalue weighted by molar-refractivity contribution is 5.77. The number of carbonyl (C=O) groups excluding carboxylic acids is 1. The zero-order valence-electron chi connectivity index (χ0n) is 8.59. The van der Waals surface area contributed by atoms with E-state index >= 15 is 0 Å². The van der Waals surface area contributed by atoms with Gasteiger partial charge in [0, 0.05) is 24.1 Å². The van der Waals surface area contributed by atoms with Gasteiger partial charge in [-0.2, -0.15) is 0 Å². The van der Waals surface area contributed by atoms with Crippen molar-refractivity contribution in [3.63, 3.8) is 0 Å². The third kappa shape index (κ3) is 1.98. The molecule has 4 heteroatoms. The van der Waals surface area contributed by atoms with E-state index in [1.165, 1.54) is 12.3 Å². The Balaban J connectivity index is 2.22. The van der Waals surface area contributed by atoms with Crippen molar-refractivity contribution in [1.82, 2.24) is 10.3 Å². The number of hydrogen-bond donors (Lipinski definition) is 1. The zero-order chi connectivity index (χ0) is 10.9. The Morgan fingerprint density at radius 2 is 2.33 bits per heavy atom. The van der Waals surface area contributed by atoms with Gasteiger partial charge in [0.15, 0.2) is 0 Å². The lowest BCUT2D eigenvalue weighted by molar-refractivity contribution is -0.123. The largest absolute Gasteiger partial charge is 0.355 e. The molecule has 2 heterocycles. The number of pyridine rings is 1. The molecule has 1 aliphatic heterocycles. The van der Waals surface area contributed by atoms with Crippen LogP contribution in [0.5, 0.6) is 0 Å². The second-order valence-electron chi connectivity index (χ2n) is 4.20. The summed E-state index contributed by atoms with van der Waals surface area (Å²) in [6.45, 7) is 2.61. The van der Waals surface area contributed by atoms with Crippen LogP contribution >= 0.6 is 0 Å². The van der Waals surface area contributed by atoms with Gasteiger partial charge < -0.3 is 5.32 Å². The predicted molar refractivity (Wildman–Crippen MR) is 53.8 cm³/mol. The molecule has 1 saturated heterocycles. The van der Waals surface area contributed by atoms with E-state index in [9.17, 15) is 9.18 Å². The van der Waals surface area contributed by atoms with Crippen molar-refractivity contribution in [3.05, 3.63) is 29.8 Å². The normalized spacial score (nSPS) is 26.1. The second kappa shape index (κ2) is 3.61. The minimum atomic E-state index is -0.331. The van der Waals surface area contributed by atoms with Crippen LogP contribution < -0.4 is 5.32 Å². The Morgan fingerprint density at radius 1 is 1.53 bits per heavy atom. The first-order chi connectivity index (χ1) is 7.10. The van der Waals surface area contributed by atoms with Crippen molar-refractivity contribution >= 4 is 5.91 Å². The minimum absolute atomic E-state index is 0.0783. The van der Waals surface area contributed by atoms with Gasteiger partial charge in [0.25, 0.3) is 0 Å². The number of nitrogens with one attached hydrogen (secondary N) is 1. The molecule has 1 aromatic rings. The summed E-state index contributed by atoms with van der Waals surface area (Å²) in [6.07, 6.45) is 2.49. The van der Waals surface area contributed by atoms with Crippen molar-refractivity contribution in [2.24, 2.45) is 0 Å². The number of amides is 1. The highest BCUT2D eigenvalue weighted by Gasteiger charge is 2.32. The molecule has 1 fully saturated rings. The summed E-state index contributed by atoms with van der Waals surface area (Å²) >= 11 is 0. The summed E-state index contributed by atoms with van der Waals surface area (Å²) in [5.41, 5.74) is 0.672. The van der Waals surface area contributed by atoms with E-state index < -0.39 is 0 Å². The van der Waals surface area contributed by atoms with Crippen LogP contribution in [0.15, 0.2) is 18.3 Å². The number of halogens is 1. The summed E-state index contributed by atoms with van der Waals surface area (Å²) in [7, 11) is 0. The molecule has 0 saturated carbocycles. The average molecular weight is 208 g/mol. The van der Waals surface area contributed by atoms with Crippen LogP contribution in [-0.4, -0.2) is 17.4 Å². The molecule has 1 unspecified atom stereocenters. The maximum Gasteiger partial charge on any atom is 0.220 e. The summed E-state index contributed by atoms with van der Waals surface area (Å²) in [6, 6.07) is 3.09. The molecule has 1 N–H and O–H groups in total. The van der Waals surface area contributed by atoms with E-state index in [1.54, 1.807) is 6.07 Å². The maximum atomic E-state index is 12.7.